The van der Waals surface area contributed by atoms with Crippen LogP contribution in [-0.4, -0.2) is 22.8 Å². The zero-order chi connectivity index (χ0) is 8.55. The van der Waals surface area contributed by atoms with E-state index in [1.165, 1.54) is 18.4 Å². The summed E-state index contributed by atoms with van der Waals surface area (Å²) < 4.78 is 6.63. The lowest BCUT2D eigenvalue weighted by molar-refractivity contribution is 0.111. The van der Waals surface area contributed by atoms with Crippen molar-refractivity contribution in [3.8, 4) is 5.88 Å². The van der Waals surface area contributed by atoms with Crippen molar-refractivity contribution in [2.75, 3.05) is 7.11 Å². The molecule has 2 aromatic heterocycles. The van der Waals surface area contributed by atoms with E-state index in [1.54, 1.807) is 10.6 Å². The molecule has 0 aliphatic carbocycles. The second-order valence-electron chi connectivity index (χ2n) is 2.18. The highest BCUT2D eigenvalue weighted by Gasteiger charge is 2.11. The predicted octanol–water partition coefficient (Wildman–Crippen LogP) is 1.22. The Morgan fingerprint density at radius 1 is 1.75 bits per heavy atom. The van der Waals surface area contributed by atoms with Crippen LogP contribution in [0.1, 0.15) is 10.5 Å². The minimum absolute atomic E-state index is 0.386. The van der Waals surface area contributed by atoms with Gasteiger partial charge in [0.05, 0.1) is 7.11 Å². The van der Waals surface area contributed by atoms with E-state index in [0.717, 1.165) is 11.2 Å². The third-order valence-electron chi connectivity index (χ3n) is 1.57. The maximum absolute atomic E-state index is 10.6. The second-order valence-corrected chi connectivity index (χ2v) is 3.05. The van der Waals surface area contributed by atoms with Gasteiger partial charge in [-0.15, -0.1) is 11.3 Å². The van der Waals surface area contributed by atoms with Gasteiger partial charge in [0.2, 0.25) is 5.88 Å². The van der Waals surface area contributed by atoms with Crippen LogP contribution in [0.15, 0.2) is 11.6 Å². The van der Waals surface area contributed by atoms with Gasteiger partial charge in [-0.05, 0) is 0 Å². The second kappa shape index (κ2) is 2.60. The van der Waals surface area contributed by atoms with Gasteiger partial charge in [-0.2, -0.15) is 4.98 Å². The van der Waals surface area contributed by atoms with E-state index < -0.39 is 0 Å². The van der Waals surface area contributed by atoms with Crippen LogP contribution in [0.25, 0.3) is 4.96 Å². The lowest BCUT2D eigenvalue weighted by Gasteiger charge is -1.92. The summed E-state index contributed by atoms with van der Waals surface area (Å²) in [5, 5.41) is 1.87. The molecule has 12 heavy (non-hydrogen) atoms. The Morgan fingerprint density at radius 2 is 2.58 bits per heavy atom. The van der Waals surface area contributed by atoms with Gasteiger partial charge in [0.25, 0.3) is 0 Å². The van der Waals surface area contributed by atoms with Gasteiger partial charge < -0.3 is 4.74 Å². The molecule has 62 valence electrons. The topological polar surface area (TPSA) is 43.6 Å². The third-order valence-corrected chi connectivity index (χ3v) is 2.33. The Bertz CT molecular complexity index is 418. The van der Waals surface area contributed by atoms with E-state index >= 15 is 0 Å². The Hall–Kier alpha value is -1.36. The molecular weight excluding hydrogens is 176 g/mol. The van der Waals surface area contributed by atoms with Gasteiger partial charge in [0.1, 0.15) is 0 Å². The number of rotatable bonds is 2. The average molecular weight is 182 g/mol. The fraction of sp³-hybridized carbons (Fsp3) is 0.143. The summed E-state index contributed by atoms with van der Waals surface area (Å²) in [6, 6.07) is 0. The molecule has 0 N–H and O–H groups in total. The lowest BCUT2D eigenvalue weighted by atomic mass is 10.5. The highest BCUT2D eigenvalue weighted by Crippen LogP contribution is 2.20. The molecule has 0 bridgehead atoms. The first-order chi connectivity index (χ1) is 5.86. The van der Waals surface area contributed by atoms with E-state index in [0.29, 0.717) is 11.6 Å². The monoisotopic (exact) mass is 182 g/mol. The minimum Gasteiger partial charge on any atom is -0.479 e. The Labute approximate surface area is 72.4 Å². The van der Waals surface area contributed by atoms with E-state index in [9.17, 15) is 4.79 Å². The highest BCUT2D eigenvalue weighted by atomic mass is 32.1. The maximum Gasteiger partial charge on any atom is 0.244 e. The van der Waals surface area contributed by atoms with Crippen molar-refractivity contribution in [1.29, 1.82) is 0 Å². The predicted molar refractivity (Wildman–Crippen MR) is 45.0 cm³/mol. The van der Waals surface area contributed by atoms with Crippen LogP contribution in [0.5, 0.6) is 5.88 Å². The quantitative estimate of drug-likeness (QED) is 0.656. The summed E-state index contributed by atoms with van der Waals surface area (Å²) in [5.41, 5.74) is 0.466. The number of hydrogen-bond acceptors (Lipinski definition) is 4. The molecule has 0 unspecified atom stereocenters. The zero-order valence-corrected chi connectivity index (χ0v) is 7.17. The van der Waals surface area contributed by atoms with E-state index in [4.69, 9.17) is 4.74 Å². The van der Waals surface area contributed by atoms with Crippen molar-refractivity contribution in [1.82, 2.24) is 9.38 Å². The molecule has 0 spiro atoms. The Kier molecular flexibility index (Phi) is 1.58. The van der Waals surface area contributed by atoms with Crippen LogP contribution in [-0.2, 0) is 0 Å². The van der Waals surface area contributed by atoms with Crippen LogP contribution in [0, 0.1) is 0 Å². The van der Waals surface area contributed by atoms with Crippen molar-refractivity contribution in [2.24, 2.45) is 0 Å². The normalized spacial score (nSPS) is 10.4. The van der Waals surface area contributed by atoms with Crippen LogP contribution < -0.4 is 4.74 Å². The van der Waals surface area contributed by atoms with Gasteiger partial charge >= 0.3 is 0 Å². The molecule has 0 amide bonds. The molecule has 0 aromatic carbocycles. The Morgan fingerprint density at radius 3 is 3.25 bits per heavy atom. The molecule has 0 saturated carbocycles. The van der Waals surface area contributed by atoms with Crippen LogP contribution in [0.3, 0.4) is 0 Å². The molecule has 4 nitrogen and oxygen atoms in total. The van der Waals surface area contributed by atoms with E-state index in [2.05, 4.69) is 4.98 Å². The number of hydrogen-bond donors (Lipinski definition) is 0. The number of methoxy groups -OCH3 is 1. The summed E-state index contributed by atoms with van der Waals surface area (Å²) in [6.07, 6.45) is 2.53. The van der Waals surface area contributed by atoms with Crippen molar-refractivity contribution in [2.45, 2.75) is 0 Å². The van der Waals surface area contributed by atoms with E-state index in [1.807, 2.05) is 5.38 Å². The number of fused-ring (bicyclic) bond motifs is 1. The Balaban J connectivity index is 2.78. The van der Waals surface area contributed by atoms with Crippen LogP contribution in [0.4, 0.5) is 0 Å². The molecule has 0 aliphatic heterocycles. The molecular formula is C7H6N2O2S. The summed E-state index contributed by atoms with van der Waals surface area (Å²) >= 11 is 1.47. The molecule has 2 heterocycles. The van der Waals surface area contributed by atoms with Crippen molar-refractivity contribution < 1.29 is 9.53 Å². The molecule has 5 heteroatoms. The number of imidazole rings is 1. The summed E-state index contributed by atoms with van der Waals surface area (Å²) in [4.78, 5) is 15.5. The van der Waals surface area contributed by atoms with Gasteiger partial charge in [0.15, 0.2) is 16.9 Å². The molecule has 0 fully saturated rings. The van der Waals surface area contributed by atoms with Crippen molar-refractivity contribution in [3.05, 3.63) is 17.3 Å². The first-order valence-corrected chi connectivity index (χ1v) is 4.19. The largest absolute Gasteiger partial charge is 0.479 e. The molecule has 2 aromatic rings. The maximum atomic E-state index is 10.6. The van der Waals surface area contributed by atoms with E-state index in [-0.39, 0.29) is 0 Å². The molecule has 2 rings (SSSR count). The summed E-state index contributed by atoms with van der Waals surface area (Å²) in [7, 11) is 1.50. The SMILES string of the molecule is COc1nc2sccn2c1C=O. The number of thiazole rings is 1. The van der Waals surface area contributed by atoms with Gasteiger partial charge in [-0.25, -0.2) is 0 Å². The fourth-order valence-corrected chi connectivity index (χ4v) is 1.75. The number of carbonyl (C=O) groups excluding carboxylic acids is 1. The lowest BCUT2D eigenvalue weighted by Crippen LogP contribution is -1.90. The summed E-state index contributed by atoms with van der Waals surface area (Å²) in [6.45, 7) is 0. The first kappa shape index (κ1) is 7.30. The number of ether oxygens (including phenoxy) is 1. The molecule has 0 aliphatic rings. The van der Waals surface area contributed by atoms with Gasteiger partial charge in [-0.1, -0.05) is 0 Å². The van der Waals surface area contributed by atoms with Crippen LogP contribution in [0.2, 0.25) is 0 Å². The van der Waals surface area contributed by atoms with Crippen molar-refractivity contribution >= 4 is 22.6 Å². The van der Waals surface area contributed by atoms with Crippen molar-refractivity contribution in [3.63, 3.8) is 0 Å². The number of carbonyl (C=O) groups is 1. The fourth-order valence-electron chi connectivity index (χ4n) is 1.04. The minimum atomic E-state index is 0.386. The number of nitrogens with zero attached hydrogens (tertiary/aromatic N) is 2. The van der Waals surface area contributed by atoms with Gasteiger partial charge in [-0.3, -0.25) is 9.20 Å². The number of aldehydes is 1. The molecule has 0 radical (unpaired) electrons. The smallest absolute Gasteiger partial charge is 0.244 e. The van der Waals surface area contributed by atoms with Crippen LogP contribution >= 0.6 is 11.3 Å². The number of aromatic nitrogens is 2. The summed E-state index contributed by atoms with van der Waals surface area (Å²) in [5.74, 6) is 0.386. The first-order valence-electron chi connectivity index (χ1n) is 3.31. The third kappa shape index (κ3) is 0.831. The molecule has 0 saturated heterocycles. The standard InChI is InChI=1S/C7H6N2O2S/c1-11-6-5(4-10)9-2-3-12-7(9)8-6/h2-4H,1H3. The average Bonchev–Trinajstić information content (AvgIpc) is 2.61. The molecule has 0 atom stereocenters. The van der Waals surface area contributed by atoms with Gasteiger partial charge in [0, 0.05) is 11.6 Å². The zero-order valence-electron chi connectivity index (χ0n) is 6.35. The highest BCUT2D eigenvalue weighted by molar-refractivity contribution is 7.15.